The number of pyridine rings is 1. The molecule has 0 saturated heterocycles. The number of hydrogen-bond donors (Lipinski definition) is 2. The molecule has 0 aliphatic heterocycles. The van der Waals surface area contributed by atoms with Crippen LogP contribution in [0.5, 0.6) is 5.88 Å². The number of carbonyl (C=O) groups is 3. The Morgan fingerprint density at radius 3 is 2.08 bits per heavy atom. The van der Waals surface area contributed by atoms with Crippen LogP contribution in [0.3, 0.4) is 0 Å². The van der Waals surface area contributed by atoms with Crippen LogP contribution in [0, 0.1) is 0 Å². The summed E-state index contributed by atoms with van der Waals surface area (Å²) < 4.78 is 37.6. The van der Waals surface area contributed by atoms with E-state index in [1.165, 1.54) is 36.4 Å². The number of carbonyl (C=O) groups excluding carboxylic acids is 3. The minimum atomic E-state index is -4.20. The molecule has 2 N–H and O–H groups in total. The summed E-state index contributed by atoms with van der Waals surface area (Å²) in [6.45, 7) is 6.64. The highest BCUT2D eigenvalue weighted by Crippen LogP contribution is 2.15. The van der Waals surface area contributed by atoms with Crippen LogP contribution < -0.4 is 14.8 Å². The van der Waals surface area contributed by atoms with Crippen LogP contribution in [0.1, 0.15) is 92.9 Å². The van der Waals surface area contributed by atoms with E-state index < -0.39 is 22.1 Å². The third-order valence-electron chi connectivity index (χ3n) is 5.64. The Morgan fingerprint density at radius 1 is 0.842 bits per heavy atom. The second-order valence-electron chi connectivity index (χ2n) is 8.83. The molecule has 0 fully saturated rings. The minimum Gasteiger partial charge on any atom is -0.431 e. The lowest BCUT2D eigenvalue weighted by atomic mass is 10.1. The first-order chi connectivity index (χ1) is 18.2. The topological polar surface area (TPSA) is 141 Å². The number of aromatic nitrogens is 1. The molecule has 2 aromatic rings. The number of rotatable bonds is 15. The molecule has 2 amide bonds. The van der Waals surface area contributed by atoms with Crippen molar-refractivity contribution in [3.05, 3.63) is 53.7 Å². The first-order valence-electron chi connectivity index (χ1n) is 13.0. The summed E-state index contributed by atoms with van der Waals surface area (Å²) in [5.41, 5.74) is 0.267. The number of nitrogens with zero attached hydrogens (tertiary/aromatic N) is 1. The van der Waals surface area contributed by atoms with Crippen molar-refractivity contribution in [3.8, 4) is 5.88 Å². The molecule has 11 heteroatoms. The molecule has 2 rings (SSSR count). The van der Waals surface area contributed by atoms with Crippen LogP contribution >= 0.6 is 0 Å². The highest BCUT2D eigenvalue weighted by atomic mass is 32.2. The number of benzene rings is 1. The molecule has 0 radical (unpaired) electrons. The summed E-state index contributed by atoms with van der Waals surface area (Å²) in [6, 6.07) is 7.84. The molecule has 38 heavy (non-hydrogen) atoms. The molecule has 0 aliphatic rings. The largest absolute Gasteiger partial charge is 0.515 e. The molecule has 0 aliphatic carbocycles. The summed E-state index contributed by atoms with van der Waals surface area (Å²) in [4.78, 5) is 40.5. The van der Waals surface area contributed by atoms with E-state index in [2.05, 4.69) is 17.2 Å². The van der Waals surface area contributed by atoms with Crippen molar-refractivity contribution in [3.63, 3.8) is 0 Å². The first kappa shape index (κ1) is 30.8. The van der Waals surface area contributed by atoms with Gasteiger partial charge in [0, 0.05) is 24.4 Å². The molecule has 0 saturated carbocycles. The second kappa shape index (κ2) is 15.7. The molecule has 0 unspecified atom stereocenters. The van der Waals surface area contributed by atoms with Gasteiger partial charge >= 0.3 is 6.16 Å². The van der Waals surface area contributed by atoms with Crippen molar-refractivity contribution in [2.45, 2.75) is 83.1 Å². The van der Waals surface area contributed by atoms with Crippen molar-refractivity contribution in [2.75, 3.05) is 6.54 Å². The fraction of sp³-hybridized carbons (Fsp3) is 0.481. The lowest BCUT2D eigenvalue weighted by Gasteiger charge is -2.15. The number of amides is 2. The fourth-order valence-electron chi connectivity index (χ4n) is 3.61. The maximum Gasteiger partial charge on any atom is 0.515 e. The molecular formula is C27H37N3O7S. The van der Waals surface area contributed by atoms with Crippen LogP contribution in [0.4, 0.5) is 4.79 Å². The average molecular weight is 548 g/mol. The van der Waals surface area contributed by atoms with Crippen molar-refractivity contribution in [2.24, 2.45) is 0 Å². The van der Waals surface area contributed by atoms with Gasteiger partial charge in [-0.15, -0.1) is 0 Å². The van der Waals surface area contributed by atoms with Crippen LogP contribution in [0.25, 0.3) is 0 Å². The monoisotopic (exact) mass is 547 g/mol. The fourth-order valence-corrected chi connectivity index (χ4v) is 4.58. The van der Waals surface area contributed by atoms with Gasteiger partial charge in [-0.2, -0.15) is 0 Å². The van der Waals surface area contributed by atoms with E-state index in [4.69, 9.17) is 9.47 Å². The van der Waals surface area contributed by atoms with Gasteiger partial charge in [-0.3, -0.25) is 9.59 Å². The predicted molar refractivity (Wildman–Crippen MR) is 143 cm³/mol. The Kier molecular flexibility index (Phi) is 12.7. The second-order valence-corrected chi connectivity index (χ2v) is 10.5. The van der Waals surface area contributed by atoms with Gasteiger partial charge in [0.25, 0.3) is 21.8 Å². The van der Waals surface area contributed by atoms with E-state index in [1.807, 2.05) is 18.6 Å². The minimum absolute atomic E-state index is 0.0526. The van der Waals surface area contributed by atoms with E-state index in [0.29, 0.717) is 12.1 Å². The number of hydrogen-bond acceptors (Lipinski definition) is 8. The summed E-state index contributed by atoms with van der Waals surface area (Å²) in [6.07, 6.45) is 7.25. The normalized spacial score (nSPS) is 11.2. The van der Waals surface area contributed by atoms with Crippen molar-refractivity contribution >= 4 is 28.0 Å². The smallest absolute Gasteiger partial charge is 0.431 e. The molecule has 10 nitrogen and oxygen atoms in total. The quantitative estimate of drug-likeness (QED) is 0.235. The average Bonchev–Trinajstić information content (AvgIpc) is 2.89. The molecule has 1 heterocycles. The number of ether oxygens (including phenoxy) is 2. The third-order valence-corrected chi connectivity index (χ3v) is 6.99. The van der Waals surface area contributed by atoms with Gasteiger partial charge in [0.05, 0.1) is 10.5 Å². The lowest BCUT2D eigenvalue weighted by Crippen LogP contribution is -2.30. The Hall–Kier alpha value is -3.47. The Bertz CT molecular complexity index is 1140. The molecule has 1 aromatic heterocycles. The van der Waals surface area contributed by atoms with Gasteiger partial charge in [0.1, 0.15) is 6.10 Å². The summed E-state index contributed by atoms with van der Waals surface area (Å²) in [5.74, 6) is -1.29. The Morgan fingerprint density at radius 2 is 1.50 bits per heavy atom. The van der Waals surface area contributed by atoms with Crippen molar-refractivity contribution in [1.29, 1.82) is 0 Å². The van der Waals surface area contributed by atoms with Gasteiger partial charge < -0.3 is 14.8 Å². The zero-order chi connectivity index (χ0) is 28.0. The SMILES string of the molecule is CCCCCCNC(=O)c1ccc(S(=O)(=O)NC(=O)c2ccc(OC(=O)OC(CCC)CCC)nc2)cc1. The van der Waals surface area contributed by atoms with E-state index in [9.17, 15) is 22.8 Å². The number of sulfonamides is 1. The van der Waals surface area contributed by atoms with Gasteiger partial charge in [-0.05, 0) is 49.6 Å². The predicted octanol–water partition coefficient (Wildman–Crippen LogP) is 4.99. The van der Waals surface area contributed by atoms with Crippen LogP contribution in [0.2, 0.25) is 0 Å². The zero-order valence-corrected chi connectivity index (χ0v) is 23.0. The Labute approximate surface area is 224 Å². The number of nitrogens with one attached hydrogen (secondary N) is 2. The van der Waals surface area contributed by atoms with Gasteiger partial charge in [-0.25, -0.2) is 22.9 Å². The lowest BCUT2D eigenvalue weighted by molar-refractivity contribution is 0.0490. The highest BCUT2D eigenvalue weighted by molar-refractivity contribution is 7.90. The van der Waals surface area contributed by atoms with E-state index in [-0.39, 0.29) is 28.4 Å². The van der Waals surface area contributed by atoms with Crippen molar-refractivity contribution in [1.82, 2.24) is 15.0 Å². The van der Waals surface area contributed by atoms with Crippen LogP contribution in [-0.4, -0.2) is 44.0 Å². The first-order valence-corrected chi connectivity index (χ1v) is 14.5. The standard InChI is InChI=1S/C27H37N3O7S/c1-4-7-8-9-18-28-25(31)20-12-15-23(16-13-20)38(34,35)30-26(32)21-14-17-24(29-19-21)37-27(33)36-22(10-5-2)11-6-3/h12-17,19,22H,4-11,18H2,1-3H3,(H,28,31)(H,30,32). The summed E-state index contributed by atoms with van der Waals surface area (Å²) in [5, 5.41) is 2.80. The van der Waals surface area contributed by atoms with Gasteiger partial charge in [0.2, 0.25) is 5.88 Å². The van der Waals surface area contributed by atoms with Crippen LogP contribution in [0.15, 0.2) is 47.5 Å². The third kappa shape index (κ3) is 10.1. The molecule has 208 valence electrons. The molecule has 0 atom stereocenters. The molecule has 0 spiro atoms. The summed E-state index contributed by atoms with van der Waals surface area (Å²) >= 11 is 0. The van der Waals surface area contributed by atoms with E-state index in [0.717, 1.165) is 57.6 Å². The zero-order valence-electron chi connectivity index (χ0n) is 22.2. The highest BCUT2D eigenvalue weighted by Gasteiger charge is 2.20. The molecule has 1 aromatic carbocycles. The molecular weight excluding hydrogens is 510 g/mol. The van der Waals surface area contributed by atoms with Gasteiger partial charge in [-0.1, -0.05) is 52.9 Å². The Balaban J connectivity index is 1.93. The van der Waals surface area contributed by atoms with E-state index >= 15 is 0 Å². The van der Waals surface area contributed by atoms with E-state index in [1.54, 1.807) is 0 Å². The summed E-state index contributed by atoms with van der Waals surface area (Å²) in [7, 11) is -4.20. The van der Waals surface area contributed by atoms with Crippen molar-refractivity contribution < 1.29 is 32.3 Å². The maximum absolute atomic E-state index is 12.7. The maximum atomic E-state index is 12.7. The van der Waals surface area contributed by atoms with Crippen LogP contribution in [-0.2, 0) is 14.8 Å². The molecule has 0 bridgehead atoms. The van der Waals surface area contributed by atoms with Gasteiger partial charge in [0.15, 0.2) is 0 Å². The number of unbranched alkanes of at least 4 members (excludes halogenated alkanes) is 3.